The fourth-order valence-electron chi connectivity index (χ4n) is 3.99. The van der Waals surface area contributed by atoms with Gasteiger partial charge in [0, 0.05) is 35.7 Å². The molecule has 28 heavy (non-hydrogen) atoms. The summed E-state index contributed by atoms with van der Waals surface area (Å²) in [6.45, 7) is 6.91. The molecule has 1 amide bonds. The Kier molecular flexibility index (Phi) is 4.79. The zero-order chi connectivity index (χ0) is 19.8. The molecule has 1 fully saturated rings. The van der Waals surface area contributed by atoms with E-state index >= 15 is 0 Å². The molecule has 1 saturated heterocycles. The summed E-state index contributed by atoms with van der Waals surface area (Å²) in [6, 6.07) is 11.0. The standard InChI is InChI=1S/C22H25N3O3/c1-14(2)21-12-17(23-28-21)19-9-6-10-24(19)22(27)13-25-15(3)11-20(26)16-7-4-5-8-18(16)25/h4-5,7-8,11-12,14,19H,6,9-10,13H2,1-3H3/t19-/m1/s1. The van der Waals surface area contributed by atoms with Gasteiger partial charge in [0.05, 0.1) is 11.6 Å². The Hall–Kier alpha value is -2.89. The normalized spacial score (nSPS) is 17.0. The molecule has 0 radical (unpaired) electrons. The van der Waals surface area contributed by atoms with Crippen LogP contribution in [0.25, 0.3) is 10.9 Å². The van der Waals surface area contributed by atoms with Crippen LogP contribution >= 0.6 is 0 Å². The lowest BCUT2D eigenvalue weighted by atomic mass is 10.1. The van der Waals surface area contributed by atoms with Crippen LogP contribution in [0.4, 0.5) is 0 Å². The van der Waals surface area contributed by atoms with Crippen molar-refractivity contribution in [1.29, 1.82) is 0 Å². The first-order valence-electron chi connectivity index (χ1n) is 9.81. The van der Waals surface area contributed by atoms with E-state index in [1.807, 2.05) is 40.7 Å². The monoisotopic (exact) mass is 379 g/mol. The van der Waals surface area contributed by atoms with E-state index in [0.29, 0.717) is 11.9 Å². The van der Waals surface area contributed by atoms with Gasteiger partial charge in [-0.1, -0.05) is 31.1 Å². The number of fused-ring (bicyclic) bond motifs is 1. The van der Waals surface area contributed by atoms with Crippen LogP contribution < -0.4 is 5.43 Å². The minimum Gasteiger partial charge on any atom is -0.361 e. The molecule has 0 spiro atoms. The Morgan fingerprint density at radius 1 is 1.29 bits per heavy atom. The molecule has 1 aliphatic heterocycles. The van der Waals surface area contributed by atoms with E-state index in [4.69, 9.17) is 4.52 Å². The number of benzene rings is 1. The van der Waals surface area contributed by atoms with Crippen molar-refractivity contribution in [3.05, 3.63) is 63.8 Å². The molecule has 1 aromatic carbocycles. The lowest BCUT2D eigenvalue weighted by Gasteiger charge is -2.24. The minimum atomic E-state index is -0.0466. The minimum absolute atomic E-state index is 0.0142. The summed E-state index contributed by atoms with van der Waals surface area (Å²) in [5.74, 6) is 1.15. The van der Waals surface area contributed by atoms with Crippen molar-refractivity contribution in [3.8, 4) is 0 Å². The predicted molar refractivity (Wildman–Crippen MR) is 107 cm³/mol. The molecule has 0 unspecified atom stereocenters. The molecular formula is C22H25N3O3. The Morgan fingerprint density at radius 3 is 2.82 bits per heavy atom. The summed E-state index contributed by atoms with van der Waals surface area (Å²) in [5, 5.41) is 4.86. The smallest absolute Gasteiger partial charge is 0.243 e. The summed E-state index contributed by atoms with van der Waals surface area (Å²) in [5.41, 5.74) is 2.40. The fourth-order valence-corrected chi connectivity index (χ4v) is 3.99. The number of likely N-dealkylation sites (tertiary alicyclic amines) is 1. The maximum atomic E-state index is 13.2. The largest absolute Gasteiger partial charge is 0.361 e. The molecule has 0 bridgehead atoms. The van der Waals surface area contributed by atoms with E-state index in [1.165, 1.54) is 0 Å². The van der Waals surface area contributed by atoms with Crippen LogP contribution in [0.5, 0.6) is 0 Å². The Balaban J connectivity index is 1.63. The maximum absolute atomic E-state index is 13.2. The van der Waals surface area contributed by atoms with Gasteiger partial charge < -0.3 is 14.0 Å². The lowest BCUT2D eigenvalue weighted by Crippen LogP contribution is -2.34. The summed E-state index contributed by atoms with van der Waals surface area (Å²) in [4.78, 5) is 27.3. The van der Waals surface area contributed by atoms with E-state index in [-0.39, 0.29) is 29.8 Å². The zero-order valence-corrected chi connectivity index (χ0v) is 16.5. The van der Waals surface area contributed by atoms with E-state index in [2.05, 4.69) is 19.0 Å². The molecule has 3 aromatic rings. The van der Waals surface area contributed by atoms with E-state index < -0.39 is 0 Å². The molecule has 3 heterocycles. The number of carbonyl (C=O) groups is 1. The summed E-state index contributed by atoms with van der Waals surface area (Å²) in [7, 11) is 0. The Morgan fingerprint density at radius 2 is 2.07 bits per heavy atom. The van der Waals surface area contributed by atoms with E-state index in [9.17, 15) is 9.59 Å². The zero-order valence-electron chi connectivity index (χ0n) is 16.5. The third-order valence-electron chi connectivity index (χ3n) is 5.55. The van der Waals surface area contributed by atoms with E-state index in [0.717, 1.165) is 35.5 Å². The first kappa shape index (κ1) is 18.5. The average Bonchev–Trinajstić information content (AvgIpc) is 3.34. The number of para-hydroxylation sites is 1. The highest BCUT2D eigenvalue weighted by Crippen LogP contribution is 2.33. The highest BCUT2D eigenvalue weighted by Gasteiger charge is 2.32. The fraction of sp³-hybridized carbons (Fsp3) is 0.409. The van der Waals surface area contributed by atoms with Gasteiger partial charge in [0.25, 0.3) is 0 Å². The molecule has 0 aliphatic carbocycles. The van der Waals surface area contributed by atoms with Gasteiger partial charge in [-0.15, -0.1) is 0 Å². The summed E-state index contributed by atoms with van der Waals surface area (Å²) in [6.07, 6.45) is 1.84. The molecule has 0 N–H and O–H groups in total. The van der Waals surface area contributed by atoms with Gasteiger partial charge >= 0.3 is 0 Å². The van der Waals surface area contributed by atoms with Crippen LogP contribution in [-0.2, 0) is 11.3 Å². The molecule has 1 atom stereocenters. The van der Waals surface area contributed by atoms with Crippen molar-refractivity contribution in [3.63, 3.8) is 0 Å². The number of amides is 1. The molecule has 6 heteroatoms. The molecule has 6 nitrogen and oxygen atoms in total. The first-order valence-corrected chi connectivity index (χ1v) is 9.81. The quantitative estimate of drug-likeness (QED) is 0.692. The van der Waals surface area contributed by atoms with Crippen LogP contribution in [0.1, 0.15) is 55.8 Å². The number of pyridine rings is 1. The predicted octanol–water partition coefficient (Wildman–Crippen LogP) is 3.79. The third-order valence-corrected chi connectivity index (χ3v) is 5.55. The van der Waals surface area contributed by atoms with Crippen LogP contribution in [0, 0.1) is 6.92 Å². The van der Waals surface area contributed by atoms with Crippen LogP contribution in [0.3, 0.4) is 0 Å². The average molecular weight is 379 g/mol. The van der Waals surface area contributed by atoms with Crippen LogP contribution in [0.15, 0.2) is 45.7 Å². The molecule has 4 rings (SSSR count). The van der Waals surface area contributed by atoms with Gasteiger partial charge in [-0.2, -0.15) is 0 Å². The first-order chi connectivity index (χ1) is 13.5. The van der Waals surface area contributed by atoms with Crippen molar-refractivity contribution >= 4 is 16.8 Å². The summed E-state index contributed by atoms with van der Waals surface area (Å²) < 4.78 is 7.37. The second-order valence-corrected chi connectivity index (χ2v) is 7.81. The van der Waals surface area contributed by atoms with Gasteiger partial charge in [0.1, 0.15) is 18.0 Å². The SMILES string of the molecule is Cc1cc(=O)c2ccccc2n1CC(=O)N1CCC[C@@H]1c1cc(C(C)C)on1. The number of nitrogens with zero attached hydrogens (tertiary/aromatic N) is 3. The molecule has 146 valence electrons. The van der Waals surface area contributed by atoms with E-state index in [1.54, 1.807) is 12.1 Å². The van der Waals surface area contributed by atoms with Crippen LogP contribution in [0.2, 0.25) is 0 Å². The van der Waals surface area contributed by atoms with Crippen molar-refractivity contribution in [2.75, 3.05) is 6.54 Å². The number of hydrogen-bond donors (Lipinski definition) is 0. The number of aromatic nitrogens is 2. The molecular weight excluding hydrogens is 354 g/mol. The van der Waals surface area contributed by atoms with Crippen molar-refractivity contribution in [2.45, 2.75) is 52.1 Å². The second kappa shape index (κ2) is 7.26. The molecule has 1 aliphatic rings. The molecule has 2 aromatic heterocycles. The van der Waals surface area contributed by atoms with Crippen LogP contribution in [-0.4, -0.2) is 27.1 Å². The number of aryl methyl sites for hydroxylation is 1. The maximum Gasteiger partial charge on any atom is 0.243 e. The third kappa shape index (κ3) is 3.23. The second-order valence-electron chi connectivity index (χ2n) is 7.81. The molecule has 0 saturated carbocycles. The van der Waals surface area contributed by atoms with Gasteiger partial charge in [0.15, 0.2) is 5.43 Å². The Bertz CT molecular complexity index is 1080. The van der Waals surface area contributed by atoms with Gasteiger partial charge in [-0.3, -0.25) is 9.59 Å². The number of carbonyl (C=O) groups excluding carboxylic acids is 1. The topological polar surface area (TPSA) is 68.3 Å². The highest BCUT2D eigenvalue weighted by atomic mass is 16.5. The van der Waals surface area contributed by atoms with Crippen molar-refractivity contribution < 1.29 is 9.32 Å². The summed E-state index contributed by atoms with van der Waals surface area (Å²) >= 11 is 0. The van der Waals surface area contributed by atoms with Gasteiger partial charge in [-0.05, 0) is 31.9 Å². The highest BCUT2D eigenvalue weighted by molar-refractivity contribution is 5.83. The van der Waals surface area contributed by atoms with Gasteiger partial charge in [0.2, 0.25) is 5.91 Å². The van der Waals surface area contributed by atoms with Crippen molar-refractivity contribution in [2.24, 2.45) is 0 Å². The lowest BCUT2D eigenvalue weighted by molar-refractivity contribution is -0.132. The Labute approximate surface area is 163 Å². The number of hydrogen-bond acceptors (Lipinski definition) is 4. The van der Waals surface area contributed by atoms with Crippen molar-refractivity contribution in [1.82, 2.24) is 14.6 Å². The number of rotatable bonds is 4. The van der Waals surface area contributed by atoms with Gasteiger partial charge in [-0.25, -0.2) is 0 Å².